The molecular formula is C22H26N2O2S. The van der Waals surface area contributed by atoms with Crippen LogP contribution in [0.25, 0.3) is 0 Å². The fourth-order valence-electron chi connectivity index (χ4n) is 5.81. The fraction of sp³-hybridized carbons (Fsp3) is 0.545. The average Bonchev–Trinajstić information content (AvgIpc) is 2.92. The molecule has 1 spiro atoms. The summed E-state index contributed by atoms with van der Waals surface area (Å²) < 4.78 is 5.22. The van der Waals surface area contributed by atoms with E-state index in [0.717, 1.165) is 29.2 Å². The Morgan fingerprint density at radius 3 is 2.74 bits per heavy atom. The number of hydrogen-bond acceptors (Lipinski definition) is 4. The van der Waals surface area contributed by atoms with E-state index in [9.17, 15) is 4.79 Å². The molecule has 2 heterocycles. The predicted molar refractivity (Wildman–Crippen MR) is 107 cm³/mol. The monoisotopic (exact) mass is 382 g/mol. The van der Waals surface area contributed by atoms with Gasteiger partial charge in [-0.15, -0.1) is 11.8 Å². The smallest absolute Gasteiger partial charge is 0.233 e. The molecule has 1 aromatic carbocycles. The van der Waals surface area contributed by atoms with Crippen molar-refractivity contribution in [2.45, 2.75) is 63.8 Å². The van der Waals surface area contributed by atoms with E-state index in [0.29, 0.717) is 35.1 Å². The number of nitrogens with zero attached hydrogens (tertiary/aromatic N) is 2. The lowest BCUT2D eigenvalue weighted by Gasteiger charge is -2.80. The Kier molecular flexibility index (Phi) is 3.94. The van der Waals surface area contributed by atoms with Crippen LogP contribution in [0.15, 0.2) is 28.8 Å². The minimum absolute atomic E-state index is 0.320. The lowest BCUT2D eigenvalue weighted by atomic mass is 9.36. The predicted octanol–water partition coefficient (Wildman–Crippen LogP) is 4.38. The lowest BCUT2D eigenvalue weighted by Crippen LogP contribution is -2.85. The normalized spacial score (nSPS) is 30.6. The van der Waals surface area contributed by atoms with Gasteiger partial charge in [-0.25, -0.2) is 0 Å². The fourth-order valence-corrected chi connectivity index (χ4v) is 6.85. The molecule has 4 unspecified atom stereocenters. The Labute approximate surface area is 164 Å². The molecule has 4 nitrogen and oxygen atoms in total. The summed E-state index contributed by atoms with van der Waals surface area (Å²) >= 11 is 1.69. The third kappa shape index (κ3) is 2.30. The van der Waals surface area contributed by atoms with Gasteiger partial charge in [0.05, 0.1) is 11.4 Å². The van der Waals surface area contributed by atoms with Gasteiger partial charge in [-0.05, 0) is 57.1 Å². The Bertz CT molecular complexity index is 880. The van der Waals surface area contributed by atoms with E-state index >= 15 is 0 Å². The first kappa shape index (κ1) is 17.4. The molecule has 1 aromatic heterocycles. The summed E-state index contributed by atoms with van der Waals surface area (Å²) in [5, 5.41) is 4.00. The number of benzene rings is 1. The molecule has 1 amide bonds. The van der Waals surface area contributed by atoms with Gasteiger partial charge < -0.3 is 9.42 Å². The number of amides is 1. The Hall–Kier alpha value is -1.75. The van der Waals surface area contributed by atoms with E-state index in [1.165, 1.54) is 24.0 Å². The molecule has 2 saturated carbocycles. The zero-order valence-corrected chi connectivity index (χ0v) is 17.0. The van der Waals surface area contributed by atoms with Crippen molar-refractivity contribution in [1.29, 1.82) is 0 Å². The third-order valence-electron chi connectivity index (χ3n) is 7.38. The van der Waals surface area contributed by atoms with Crippen molar-refractivity contribution in [1.82, 2.24) is 10.1 Å². The van der Waals surface area contributed by atoms with Gasteiger partial charge in [0.25, 0.3) is 0 Å². The van der Waals surface area contributed by atoms with Gasteiger partial charge in [0, 0.05) is 28.8 Å². The van der Waals surface area contributed by atoms with Crippen molar-refractivity contribution in [3.8, 4) is 0 Å². The quantitative estimate of drug-likeness (QED) is 0.770. The lowest BCUT2D eigenvalue weighted by molar-refractivity contribution is -0.268. The molecule has 27 heavy (non-hydrogen) atoms. The van der Waals surface area contributed by atoms with Crippen LogP contribution in [0.1, 0.15) is 53.3 Å². The second kappa shape index (κ2) is 6.13. The molecule has 142 valence electrons. The number of aryl methyl sites for hydroxylation is 3. The van der Waals surface area contributed by atoms with Crippen molar-refractivity contribution in [2.75, 3.05) is 5.75 Å². The SMILES string of the molecule is Cc1ccccc1C1CC2N(C(=O)CSCc3c(C)noc3C)C3CCC132. The number of piperidine rings is 2. The van der Waals surface area contributed by atoms with Gasteiger partial charge in [0.1, 0.15) is 5.76 Å². The van der Waals surface area contributed by atoms with Gasteiger partial charge >= 0.3 is 0 Å². The van der Waals surface area contributed by atoms with Gasteiger partial charge in [-0.1, -0.05) is 29.4 Å². The zero-order chi connectivity index (χ0) is 18.8. The molecule has 3 fully saturated rings. The van der Waals surface area contributed by atoms with Crippen molar-refractivity contribution >= 4 is 17.7 Å². The first-order chi connectivity index (χ1) is 13.0. The number of carbonyl (C=O) groups excluding carboxylic acids is 1. The van der Waals surface area contributed by atoms with Crippen LogP contribution < -0.4 is 0 Å². The van der Waals surface area contributed by atoms with E-state index < -0.39 is 0 Å². The van der Waals surface area contributed by atoms with Crippen molar-refractivity contribution in [3.05, 3.63) is 52.4 Å². The summed E-state index contributed by atoms with van der Waals surface area (Å²) in [5.74, 6) is 3.20. The van der Waals surface area contributed by atoms with Gasteiger partial charge in [-0.3, -0.25) is 4.79 Å². The highest BCUT2D eigenvalue weighted by molar-refractivity contribution is 7.99. The first-order valence-corrected chi connectivity index (χ1v) is 11.1. The summed E-state index contributed by atoms with van der Waals surface area (Å²) in [4.78, 5) is 15.1. The Morgan fingerprint density at radius 1 is 1.30 bits per heavy atom. The first-order valence-electron chi connectivity index (χ1n) is 9.90. The molecule has 2 aliphatic carbocycles. The summed E-state index contributed by atoms with van der Waals surface area (Å²) in [6.07, 6.45) is 3.61. The Balaban J connectivity index is 1.22. The third-order valence-corrected chi connectivity index (χ3v) is 8.32. The van der Waals surface area contributed by atoms with E-state index in [4.69, 9.17) is 4.52 Å². The topological polar surface area (TPSA) is 46.3 Å². The standard InChI is InChI=1S/C22H26N2O2S/c1-13-6-4-5-7-16(13)18-10-20-22(18)9-8-19(22)24(20)21(25)12-27-11-17-14(2)23-26-15(17)3/h4-7,18-20H,8-12H2,1-3H3. The summed E-state index contributed by atoms with van der Waals surface area (Å²) in [5.41, 5.74) is 5.39. The van der Waals surface area contributed by atoms with Crippen LogP contribution >= 0.6 is 11.8 Å². The van der Waals surface area contributed by atoms with E-state index in [-0.39, 0.29) is 0 Å². The Morgan fingerprint density at radius 2 is 2.11 bits per heavy atom. The minimum atomic E-state index is 0.320. The largest absolute Gasteiger partial charge is 0.361 e. The van der Waals surface area contributed by atoms with Crippen LogP contribution in [-0.2, 0) is 10.5 Å². The minimum Gasteiger partial charge on any atom is -0.361 e. The van der Waals surface area contributed by atoms with Crippen molar-refractivity contribution in [3.63, 3.8) is 0 Å². The highest BCUT2D eigenvalue weighted by Gasteiger charge is 2.76. The number of likely N-dealkylation sites (tertiary alicyclic amines) is 1. The molecule has 5 heteroatoms. The summed E-state index contributed by atoms with van der Waals surface area (Å²) in [6, 6.07) is 9.76. The maximum atomic E-state index is 12.9. The molecular weight excluding hydrogens is 356 g/mol. The number of thioether (sulfide) groups is 1. The maximum Gasteiger partial charge on any atom is 0.233 e. The maximum absolute atomic E-state index is 12.9. The second-order valence-corrected chi connectivity index (χ2v) is 9.41. The van der Waals surface area contributed by atoms with Crippen LogP contribution in [0.3, 0.4) is 0 Å². The molecule has 0 bridgehead atoms. The number of aromatic nitrogens is 1. The molecule has 1 saturated heterocycles. The van der Waals surface area contributed by atoms with E-state index in [2.05, 4.69) is 41.2 Å². The van der Waals surface area contributed by atoms with Gasteiger partial charge in [0.15, 0.2) is 0 Å². The average molecular weight is 383 g/mol. The van der Waals surface area contributed by atoms with Crippen LogP contribution in [0.4, 0.5) is 0 Å². The van der Waals surface area contributed by atoms with Crippen LogP contribution in [0, 0.1) is 26.2 Å². The van der Waals surface area contributed by atoms with Crippen molar-refractivity contribution in [2.24, 2.45) is 5.41 Å². The van der Waals surface area contributed by atoms with Gasteiger partial charge in [0.2, 0.25) is 5.91 Å². The zero-order valence-electron chi connectivity index (χ0n) is 16.2. The van der Waals surface area contributed by atoms with Crippen LogP contribution in [0.2, 0.25) is 0 Å². The highest BCUT2D eigenvalue weighted by Crippen LogP contribution is 2.74. The molecule has 1 aliphatic heterocycles. The van der Waals surface area contributed by atoms with E-state index in [1.54, 1.807) is 11.8 Å². The molecule has 0 radical (unpaired) electrons. The summed E-state index contributed by atoms with van der Waals surface area (Å²) in [7, 11) is 0. The van der Waals surface area contributed by atoms with E-state index in [1.807, 2.05) is 13.8 Å². The molecule has 0 N–H and O–H groups in total. The number of carbonyl (C=O) groups is 1. The van der Waals surface area contributed by atoms with Crippen LogP contribution in [-0.4, -0.2) is 33.8 Å². The molecule has 5 rings (SSSR count). The summed E-state index contributed by atoms with van der Waals surface area (Å²) in [6.45, 7) is 6.13. The second-order valence-electron chi connectivity index (χ2n) is 8.42. The molecule has 4 atom stereocenters. The number of rotatable bonds is 5. The molecule has 3 aliphatic rings. The van der Waals surface area contributed by atoms with Crippen LogP contribution in [0.5, 0.6) is 0 Å². The van der Waals surface area contributed by atoms with Gasteiger partial charge in [-0.2, -0.15) is 0 Å². The number of hydrogen-bond donors (Lipinski definition) is 0. The van der Waals surface area contributed by atoms with Crippen molar-refractivity contribution < 1.29 is 9.32 Å². The highest BCUT2D eigenvalue weighted by atomic mass is 32.2. The molecule has 2 aromatic rings.